The predicted octanol–water partition coefficient (Wildman–Crippen LogP) is 3.51. The first-order valence-electron chi connectivity index (χ1n) is 4.67. The van der Waals surface area contributed by atoms with Crippen molar-refractivity contribution < 1.29 is 9.52 Å². The van der Waals surface area contributed by atoms with E-state index in [4.69, 9.17) is 9.52 Å². The lowest BCUT2D eigenvalue weighted by Crippen LogP contribution is -1.79. The van der Waals surface area contributed by atoms with E-state index in [1.54, 1.807) is 6.07 Å². The van der Waals surface area contributed by atoms with E-state index < -0.39 is 0 Å². The van der Waals surface area contributed by atoms with Crippen molar-refractivity contribution in [2.24, 2.45) is 0 Å². The lowest BCUT2D eigenvalue weighted by molar-refractivity contribution is 0.248. The van der Waals surface area contributed by atoms with Crippen molar-refractivity contribution in [3.63, 3.8) is 0 Å². The quantitative estimate of drug-likeness (QED) is 0.903. The minimum atomic E-state index is -0.0660. The van der Waals surface area contributed by atoms with Gasteiger partial charge in [0.25, 0.3) is 0 Å². The highest BCUT2D eigenvalue weighted by molar-refractivity contribution is 9.10. The Morgan fingerprint density at radius 2 is 2.07 bits per heavy atom. The molecule has 0 aliphatic heterocycles. The van der Waals surface area contributed by atoms with Gasteiger partial charge in [0.1, 0.15) is 18.1 Å². The van der Waals surface area contributed by atoms with E-state index in [2.05, 4.69) is 15.9 Å². The number of rotatable bonds is 2. The fourth-order valence-corrected chi connectivity index (χ4v) is 2.12. The second-order valence-electron chi connectivity index (χ2n) is 3.41. The zero-order valence-electron chi connectivity index (χ0n) is 8.33. The highest BCUT2D eigenvalue weighted by atomic mass is 79.9. The van der Waals surface area contributed by atoms with Crippen molar-refractivity contribution in [1.82, 2.24) is 0 Å². The van der Waals surface area contributed by atoms with Crippen LogP contribution in [0.3, 0.4) is 0 Å². The lowest BCUT2D eigenvalue weighted by Gasteiger charge is -2.02. The van der Waals surface area contributed by atoms with Crippen LogP contribution in [0.1, 0.15) is 11.3 Å². The fourth-order valence-electron chi connectivity index (χ4n) is 1.43. The average Bonchev–Trinajstić information content (AvgIpc) is 2.66. The monoisotopic (exact) mass is 266 g/mol. The van der Waals surface area contributed by atoms with Gasteiger partial charge in [-0.25, -0.2) is 0 Å². The Morgan fingerprint density at radius 3 is 2.67 bits per heavy atom. The van der Waals surface area contributed by atoms with Crippen molar-refractivity contribution >= 4 is 15.9 Å². The normalized spacial score (nSPS) is 10.6. The van der Waals surface area contributed by atoms with Crippen molar-refractivity contribution in [1.29, 1.82) is 0 Å². The number of aliphatic hydroxyl groups excluding tert-OH is 1. The molecule has 2 rings (SSSR count). The van der Waals surface area contributed by atoms with Crippen molar-refractivity contribution in [2.75, 3.05) is 0 Å². The van der Waals surface area contributed by atoms with Gasteiger partial charge in [-0.3, -0.25) is 0 Å². The Hall–Kier alpha value is -1.06. The van der Waals surface area contributed by atoms with Crippen molar-refractivity contribution in [2.45, 2.75) is 13.5 Å². The SMILES string of the molecule is Cc1ccc(-c2ccc(CO)o2)c(Br)c1. The number of halogens is 1. The summed E-state index contributed by atoms with van der Waals surface area (Å²) >= 11 is 3.49. The molecule has 15 heavy (non-hydrogen) atoms. The van der Waals surface area contributed by atoms with E-state index in [0.717, 1.165) is 15.8 Å². The minimum absolute atomic E-state index is 0.0660. The molecule has 1 aromatic carbocycles. The average molecular weight is 267 g/mol. The maximum Gasteiger partial charge on any atom is 0.135 e. The van der Waals surface area contributed by atoms with Gasteiger partial charge in [0.05, 0.1) is 0 Å². The van der Waals surface area contributed by atoms with Crippen LogP contribution in [0.25, 0.3) is 11.3 Å². The summed E-state index contributed by atoms with van der Waals surface area (Å²) in [6, 6.07) is 9.71. The number of aliphatic hydroxyl groups is 1. The van der Waals surface area contributed by atoms with Crippen LogP contribution in [0.4, 0.5) is 0 Å². The van der Waals surface area contributed by atoms with Gasteiger partial charge in [-0.2, -0.15) is 0 Å². The zero-order valence-corrected chi connectivity index (χ0v) is 9.91. The molecule has 0 amide bonds. The van der Waals surface area contributed by atoms with Crippen LogP contribution in [-0.2, 0) is 6.61 Å². The third-order valence-electron chi connectivity index (χ3n) is 2.21. The topological polar surface area (TPSA) is 33.4 Å². The first-order chi connectivity index (χ1) is 7.20. The third-order valence-corrected chi connectivity index (χ3v) is 2.86. The molecule has 0 fully saturated rings. The molecule has 1 heterocycles. The van der Waals surface area contributed by atoms with E-state index in [9.17, 15) is 0 Å². The molecule has 0 atom stereocenters. The van der Waals surface area contributed by atoms with Gasteiger partial charge in [-0.15, -0.1) is 0 Å². The number of benzene rings is 1. The molecule has 0 radical (unpaired) electrons. The van der Waals surface area contributed by atoms with Crippen molar-refractivity contribution in [3.05, 3.63) is 46.1 Å². The van der Waals surface area contributed by atoms with Gasteiger partial charge >= 0.3 is 0 Å². The first-order valence-corrected chi connectivity index (χ1v) is 5.46. The van der Waals surface area contributed by atoms with Crippen LogP contribution in [0.2, 0.25) is 0 Å². The largest absolute Gasteiger partial charge is 0.459 e. The highest BCUT2D eigenvalue weighted by Gasteiger charge is 2.07. The van der Waals surface area contributed by atoms with Crippen LogP contribution in [-0.4, -0.2) is 5.11 Å². The summed E-state index contributed by atoms with van der Waals surface area (Å²) in [6.07, 6.45) is 0. The molecule has 0 saturated carbocycles. The molecule has 2 nitrogen and oxygen atoms in total. The molecule has 78 valence electrons. The Labute approximate surface area is 96.7 Å². The summed E-state index contributed by atoms with van der Waals surface area (Å²) in [5.41, 5.74) is 2.19. The Morgan fingerprint density at radius 1 is 1.27 bits per heavy atom. The molecule has 0 bridgehead atoms. The Bertz CT molecular complexity index is 474. The Kier molecular flexibility index (Phi) is 2.93. The van der Waals surface area contributed by atoms with E-state index >= 15 is 0 Å². The van der Waals surface area contributed by atoms with Gasteiger partial charge in [-0.1, -0.05) is 22.0 Å². The molecule has 0 saturated heterocycles. The fraction of sp³-hybridized carbons (Fsp3) is 0.167. The number of hydrogen-bond donors (Lipinski definition) is 1. The molecular formula is C12H11BrO2. The minimum Gasteiger partial charge on any atom is -0.459 e. The first kappa shape index (κ1) is 10.5. The standard InChI is InChI=1S/C12H11BrO2/c1-8-2-4-10(11(13)6-8)12-5-3-9(7-14)15-12/h2-6,14H,7H2,1H3. The van der Waals surface area contributed by atoms with Crippen LogP contribution in [0.15, 0.2) is 39.2 Å². The lowest BCUT2D eigenvalue weighted by atomic mass is 10.1. The Balaban J connectivity index is 2.44. The molecule has 1 aromatic heterocycles. The third kappa shape index (κ3) is 2.13. The van der Waals surface area contributed by atoms with E-state index in [1.165, 1.54) is 5.56 Å². The maximum absolute atomic E-state index is 8.91. The highest BCUT2D eigenvalue weighted by Crippen LogP contribution is 2.30. The van der Waals surface area contributed by atoms with Crippen LogP contribution >= 0.6 is 15.9 Å². The summed E-state index contributed by atoms with van der Waals surface area (Å²) in [5, 5.41) is 8.91. The molecule has 1 N–H and O–H groups in total. The second-order valence-corrected chi connectivity index (χ2v) is 4.26. The molecule has 0 aliphatic rings. The summed E-state index contributed by atoms with van der Waals surface area (Å²) < 4.78 is 6.46. The van der Waals surface area contributed by atoms with Gasteiger partial charge in [0.2, 0.25) is 0 Å². The van der Waals surface area contributed by atoms with Gasteiger partial charge in [0, 0.05) is 10.0 Å². The van der Waals surface area contributed by atoms with Crippen LogP contribution in [0, 0.1) is 6.92 Å². The molecule has 0 aliphatic carbocycles. The van der Waals surface area contributed by atoms with E-state index in [1.807, 2.05) is 31.2 Å². The van der Waals surface area contributed by atoms with Gasteiger partial charge < -0.3 is 9.52 Å². The summed E-state index contributed by atoms with van der Waals surface area (Å²) in [6.45, 7) is 1.97. The van der Waals surface area contributed by atoms with E-state index in [-0.39, 0.29) is 6.61 Å². The van der Waals surface area contributed by atoms with E-state index in [0.29, 0.717) is 5.76 Å². The number of furan rings is 1. The van der Waals surface area contributed by atoms with Gasteiger partial charge in [0.15, 0.2) is 0 Å². The molecular weight excluding hydrogens is 256 g/mol. The molecule has 2 aromatic rings. The van der Waals surface area contributed by atoms with Crippen LogP contribution in [0.5, 0.6) is 0 Å². The summed E-state index contributed by atoms with van der Waals surface area (Å²) in [5.74, 6) is 1.35. The maximum atomic E-state index is 8.91. The number of hydrogen-bond acceptors (Lipinski definition) is 2. The molecule has 3 heteroatoms. The van der Waals surface area contributed by atoms with Crippen LogP contribution < -0.4 is 0 Å². The van der Waals surface area contributed by atoms with Gasteiger partial charge in [-0.05, 0) is 36.8 Å². The second kappa shape index (κ2) is 4.21. The molecule has 0 unspecified atom stereocenters. The zero-order chi connectivity index (χ0) is 10.8. The van der Waals surface area contributed by atoms with Crippen molar-refractivity contribution in [3.8, 4) is 11.3 Å². The summed E-state index contributed by atoms with van der Waals surface area (Å²) in [7, 11) is 0. The molecule has 0 spiro atoms. The summed E-state index contributed by atoms with van der Waals surface area (Å²) in [4.78, 5) is 0. The number of aryl methyl sites for hydroxylation is 1. The predicted molar refractivity (Wildman–Crippen MR) is 62.5 cm³/mol. The smallest absolute Gasteiger partial charge is 0.135 e.